The van der Waals surface area contributed by atoms with E-state index in [9.17, 15) is 9.90 Å². The van der Waals surface area contributed by atoms with Crippen molar-refractivity contribution in [2.24, 2.45) is 0 Å². The van der Waals surface area contributed by atoms with Crippen LogP contribution in [0.25, 0.3) is 11.3 Å². The van der Waals surface area contributed by atoms with Crippen LogP contribution in [0.15, 0.2) is 41.2 Å². The van der Waals surface area contributed by atoms with Gasteiger partial charge < -0.3 is 19.5 Å². The number of benzene rings is 1. The van der Waals surface area contributed by atoms with Crippen molar-refractivity contribution in [1.82, 2.24) is 4.57 Å². The minimum atomic E-state index is -1.10. The minimum absolute atomic E-state index is 0.0243. The first-order valence-electron chi connectivity index (χ1n) is 6.68. The average Bonchev–Trinajstić information content (AvgIpc) is 2.56. The molecule has 2 N–H and O–H groups in total. The zero-order valence-corrected chi connectivity index (χ0v) is 12.1. The van der Waals surface area contributed by atoms with E-state index < -0.39 is 18.3 Å². The largest absolute Gasteiger partial charge is 0.496 e. The third kappa shape index (κ3) is 3.01. The number of ether oxygens (including phenoxy) is 1. The maximum Gasteiger partial charge on any atom is 0.269 e. The molecule has 0 amide bonds. The summed E-state index contributed by atoms with van der Waals surface area (Å²) in [6.45, 7) is -0.590. The predicted molar refractivity (Wildman–Crippen MR) is 80.5 cm³/mol. The lowest BCUT2D eigenvalue weighted by molar-refractivity contribution is 0.0807. The molecule has 0 aliphatic heterocycles. The van der Waals surface area contributed by atoms with Crippen LogP contribution < -0.4 is 10.3 Å². The number of hydrogen-bond donors (Lipinski definition) is 2. The molecule has 1 aromatic heterocycles. The molecule has 0 radical (unpaired) electrons. The van der Waals surface area contributed by atoms with E-state index in [1.807, 2.05) is 6.07 Å². The molecule has 114 valence electrons. The maximum absolute atomic E-state index is 12.4. The number of aromatic nitrogens is 1. The summed E-state index contributed by atoms with van der Waals surface area (Å²) in [6, 6.07) is 12.0. The van der Waals surface area contributed by atoms with Crippen LogP contribution in [0, 0.1) is 11.3 Å². The Bertz CT molecular complexity index is 761. The van der Waals surface area contributed by atoms with Gasteiger partial charge in [0.05, 0.1) is 32.1 Å². The molecule has 2 rings (SSSR count). The SMILES string of the molecule is COc1ccccc1-c1ccc(C#N)c(=O)n1CC(O)CO. The topological polar surface area (TPSA) is 95.5 Å². The highest BCUT2D eigenvalue weighted by Gasteiger charge is 2.16. The molecule has 0 fully saturated rings. The summed E-state index contributed by atoms with van der Waals surface area (Å²) in [4.78, 5) is 12.4. The second kappa shape index (κ2) is 6.89. The first kappa shape index (κ1) is 15.8. The highest BCUT2D eigenvalue weighted by Crippen LogP contribution is 2.29. The van der Waals surface area contributed by atoms with Crippen LogP contribution in [0.2, 0.25) is 0 Å². The summed E-state index contributed by atoms with van der Waals surface area (Å²) in [5.74, 6) is 0.568. The molecule has 0 spiro atoms. The first-order valence-corrected chi connectivity index (χ1v) is 6.68. The third-order valence-electron chi connectivity index (χ3n) is 3.28. The second-order valence-electron chi connectivity index (χ2n) is 4.70. The molecule has 6 nitrogen and oxygen atoms in total. The van der Waals surface area contributed by atoms with E-state index in [2.05, 4.69) is 0 Å². The smallest absolute Gasteiger partial charge is 0.269 e. The summed E-state index contributed by atoms with van der Waals surface area (Å²) in [5, 5.41) is 27.7. The maximum atomic E-state index is 12.4. The number of nitrogens with zero attached hydrogens (tertiary/aromatic N) is 2. The molecule has 2 aromatic rings. The molecular formula is C16H16N2O4. The van der Waals surface area contributed by atoms with E-state index in [1.165, 1.54) is 17.7 Å². The normalized spacial score (nSPS) is 11.7. The van der Waals surface area contributed by atoms with Crippen molar-refractivity contribution in [3.05, 3.63) is 52.3 Å². The van der Waals surface area contributed by atoms with Gasteiger partial charge >= 0.3 is 0 Å². The van der Waals surface area contributed by atoms with Gasteiger partial charge in [-0.1, -0.05) is 12.1 Å². The molecule has 1 aromatic carbocycles. The molecule has 1 heterocycles. The van der Waals surface area contributed by atoms with Gasteiger partial charge in [0.1, 0.15) is 17.4 Å². The van der Waals surface area contributed by atoms with Gasteiger partial charge in [-0.25, -0.2) is 0 Å². The monoisotopic (exact) mass is 300 g/mol. The minimum Gasteiger partial charge on any atom is -0.496 e. The van der Waals surface area contributed by atoms with E-state index in [1.54, 1.807) is 30.3 Å². The fourth-order valence-electron chi connectivity index (χ4n) is 2.20. The van der Waals surface area contributed by atoms with Crippen molar-refractivity contribution in [2.75, 3.05) is 13.7 Å². The summed E-state index contributed by atoms with van der Waals surface area (Å²) in [5.41, 5.74) is 0.632. The van der Waals surface area contributed by atoms with Gasteiger partial charge in [0.25, 0.3) is 5.56 Å². The number of hydrogen-bond acceptors (Lipinski definition) is 5. The van der Waals surface area contributed by atoms with Gasteiger partial charge in [-0.05, 0) is 24.3 Å². The van der Waals surface area contributed by atoms with E-state index in [0.717, 1.165) is 0 Å². The van der Waals surface area contributed by atoms with Crippen LogP contribution in [-0.2, 0) is 6.54 Å². The lowest BCUT2D eigenvalue weighted by atomic mass is 10.1. The molecule has 0 aliphatic carbocycles. The molecule has 0 bridgehead atoms. The highest BCUT2D eigenvalue weighted by molar-refractivity contribution is 5.68. The number of nitriles is 1. The Morgan fingerprint density at radius 2 is 2.05 bits per heavy atom. The average molecular weight is 300 g/mol. The zero-order chi connectivity index (χ0) is 16.1. The van der Waals surface area contributed by atoms with E-state index in [0.29, 0.717) is 17.0 Å². The van der Waals surface area contributed by atoms with Gasteiger partial charge in [0.2, 0.25) is 0 Å². The highest BCUT2D eigenvalue weighted by atomic mass is 16.5. The zero-order valence-electron chi connectivity index (χ0n) is 12.1. The lowest BCUT2D eigenvalue weighted by Crippen LogP contribution is -2.31. The quantitative estimate of drug-likeness (QED) is 0.849. The molecule has 0 saturated carbocycles. The Morgan fingerprint density at radius 3 is 2.68 bits per heavy atom. The summed E-state index contributed by atoms with van der Waals surface area (Å²) < 4.78 is 6.57. The summed E-state index contributed by atoms with van der Waals surface area (Å²) >= 11 is 0. The lowest BCUT2D eigenvalue weighted by Gasteiger charge is -2.17. The molecule has 22 heavy (non-hydrogen) atoms. The fourth-order valence-corrected chi connectivity index (χ4v) is 2.20. The number of pyridine rings is 1. The standard InChI is InChI=1S/C16H16N2O4/c1-22-15-5-3-2-4-13(15)14-7-6-11(8-17)16(21)18(14)9-12(20)10-19/h2-7,12,19-20H,9-10H2,1H3. The van der Waals surface area contributed by atoms with Crippen molar-refractivity contribution in [3.8, 4) is 23.1 Å². The molecule has 1 unspecified atom stereocenters. The third-order valence-corrected chi connectivity index (χ3v) is 3.28. The van der Waals surface area contributed by atoms with Crippen LogP contribution in [0.5, 0.6) is 5.75 Å². The van der Waals surface area contributed by atoms with Crippen LogP contribution in [0.4, 0.5) is 0 Å². The summed E-state index contributed by atoms with van der Waals surface area (Å²) in [7, 11) is 1.52. The Kier molecular flexibility index (Phi) is 4.94. The molecule has 0 saturated heterocycles. The van der Waals surface area contributed by atoms with Gasteiger partial charge in [-0.3, -0.25) is 4.79 Å². The van der Waals surface area contributed by atoms with E-state index in [4.69, 9.17) is 15.1 Å². The Balaban J connectivity index is 2.68. The molecule has 0 aliphatic rings. The number of methoxy groups -OCH3 is 1. The van der Waals surface area contributed by atoms with Gasteiger partial charge in [-0.15, -0.1) is 0 Å². The predicted octanol–water partition coefficient (Wildman–Crippen LogP) is 0.749. The number of rotatable bonds is 5. The van der Waals surface area contributed by atoms with Gasteiger partial charge in [0.15, 0.2) is 0 Å². The Labute approximate surface area is 127 Å². The number of para-hydroxylation sites is 1. The molecule has 6 heteroatoms. The fraction of sp³-hybridized carbons (Fsp3) is 0.250. The van der Waals surface area contributed by atoms with Gasteiger partial charge in [0, 0.05) is 5.56 Å². The Hall–Kier alpha value is -2.62. The van der Waals surface area contributed by atoms with Crippen molar-refractivity contribution >= 4 is 0 Å². The Morgan fingerprint density at radius 1 is 1.32 bits per heavy atom. The first-order chi connectivity index (χ1) is 10.6. The molecule has 1 atom stereocenters. The second-order valence-corrected chi connectivity index (χ2v) is 4.70. The van der Waals surface area contributed by atoms with Crippen molar-refractivity contribution in [2.45, 2.75) is 12.6 Å². The van der Waals surface area contributed by atoms with Crippen LogP contribution in [0.3, 0.4) is 0 Å². The van der Waals surface area contributed by atoms with Gasteiger partial charge in [-0.2, -0.15) is 5.26 Å². The summed E-state index contributed by atoms with van der Waals surface area (Å²) in [6.07, 6.45) is -1.10. The number of aliphatic hydroxyl groups is 2. The van der Waals surface area contributed by atoms with Crippen molar-refractivity contribution < 1.29 is 14.9 Å². The van der Waals surface area contributed by atoms with Crippen molar-refractivity contribution in [1.29, 1.82) is 5.26 Å². The number of aliphatic hydroxyl groups excluding tert-OH is 2. The van der Waals surface area contributed by atoms with Crippen LogP contribution in [-0.4, -0.2) is 34.6 Å². The van der Waals surface area contributed by atoms with Crippen molar-refractivity contribution in [3.63, 3.8) is 0 Å². The van der Waals surface area contributed by atoms with Crippen LogP contribution in [0.1, 0.15) is 5.56 Å². The van der Waals surface area contributed by atoms with E-state index in [-0.39, 0.29) is 12.1 Å². The van der Waals surface area contributed by atoms with Crippen LogP contribution >= 0.6 is 0 Å². The van der Waals surface area contributed by atoms with E-state index >= 15 is 0 Å². The molecular weight excluding hydrogens is 284 g/mol.